The lowest BCUT2D eigenvalue weighted by molar-refractivity contribution is 0.0470. The van der Waals surface area contributed by atoms with Gasteiger partial charge in [-0.3, -0.25) is 4.84 Å². The fraction of sp³-hybridized carbons (Fsp3) is 0.400. The lowest BCUT2D eigenvalue weighted by atomic mass is 10.1. The van der Waals surface area contributed by atoms with Gasteiger partial charge in [0.1, 0.15) is 6.10 Å². The van der Waals surface area contributed by atoms with Crippen LogP contribution in [0.5, 0.6) is 0 Å². The van der Waals surface area contributed by atoms with Gasteiger partial charge in [0.05, 0.1) is 0 Å². The summed E-state index contributed by atoms with van der Waals surface area (Å²) in [4.78, 5) is 4.90. The van der Waals surface area contributed by atoms with E-state index in [9.17, 15) is 0 Å². The van der Waals surface area contributed by atoms with Gasteiger partial charge in [0.15, 0.2) is 0 Å². The summed E-state index contributed by atoms with van der Waals surface area (Å²) < 4.78 is 0. The number of nitrogens with two attached hydrogens (primary N) is 1. The minimum absolute atomic E-state index is 0. The fourth-order valence-electron chi connectivity index (χ4n) is 1.26. The SMILES string of the molecule is CNCCC(ON)c1ccccc1.Cl.Cl. The van der Waals surface area contributed by atoms with E-state index in [1.54, 1.807) is 0 Å². The predicted octanol–water partition coefficient (Wildman–Crippen LogP) is 2.07. The van der Waals surface area contributed by atoms with Gasteiger partial charge in [0, 0.05) is 0 Å². The third kappa shape index (κ3) is 5.97. The van der Waals surface area contributed by atoms with Crippen molar-refractivity contribution in [1.82, 2.24) is 5.32 Å². The molecule has 0 heterocycles. The van der Waals surface area contributed by atoms with Gasteiger partial charge in [-0.15, -0.1) is 24.8 Å². The molecule has 88 valence electrons. The maximum absolute atomic E-state index is 5.22. The van der Waals surface area contributed by atoms with E-state index in [0.29, 0.717) is 0 Å². The standard InChI is InChI=1S/C10H16N2O.2ClH/c1-12-8-7-10(13-11)9-5-3-2-4-6-9;;/h2-6,10,12H,7-8,11H2,1H3;2*1H. The van der Waals surface area contributed by atoms with E-state index in [4.69, 9.17) is 10.7 Å². The van der Waals surface area contributed by atoms with Crippen LogP contribution in [0.1, 0.15) is 18.1 Å². The van der Waals surface area contributed by atoms with Crippen molar-refractivity contribution in [2.75, 3.05) is 13.6 Å². The molecule has 1 unspecified atom stereocenters. The van der Waals surface area contributed by atoms with Gasteiger partial charge in [-0.25, -0.2) is 5.90 Å². The van der Waals surface area contributed by atoms with Gasteiger partial charge in [-0.2, -0.15) is 0 Å². The average molecular weight is 253 g/mol. The highest BCUT2D eigenvalue weighted by atomic mass is 35.5. The normalized spacial score (nSPS) is 11.1. The van der Waals surface area contributed by atoms with Crippen LogP contribution in [0, 0.1) is 0 Å². The molecule has 3 N–H and O–H groups in total. The largest absolute Gasteiger partial charge is 0.320 e. The molecule has 0 aliphatic carbocycles. The van der Waals surface area contributed by atoms with E-state index < -0.39 is 0 Å². The maximum Gasteiger partial charge on any atom is 0.105 e. The molecule has 0 saturated carbocycles. The van der Waals surface area contributed by atoms with E-state index in [0.717, 1.165) is 18.5 Å². The van der Waals surface area contributed by atoms with Crippen molar-refractivity contribution in [3.8, 4) is 0 Å². The lowest BCUT2D eigenvalue weighted by Gasteiger charge is -2.14. The number of hydrogen-bond donors (Lipinski definition) is 2. The Labute approximate surface area is 103 Å². The fourth-order valence-corrected chi connectivity index (χ4v) is 1.26. The molecule has 1 aromatic rings. The molecule has 1 rings (SSSR count). The zero-order chi connectivity index (χ0) is 9.52. The number of nitrogens with one attached hydrogen (secondary N) is 1. The molecule has 1 atom stereocenters. The van der Waals surface area contributed by atoms with Crippen LogP contribution in [0.25, 0.3) is 0 Å². The second kappa shape index (κ2) is 10.2. The Kier molecular flexibility index (Phi) is 11.6. The second-order valence-corrected chi connectivity index (χ2v) is 2.93. The topological polar surface area (TPSA) is 47.3 Å². The van der Waals surface area contributed by atoms with Crippen LogP contribution in [0.2, 0.25) is 0 Å². The first-order valence-corrected chi connectivity index (χ1v) is 4.43. The van der Waals surface area contributed by atoms with Crippen molar-refractivity contribution in [2.45, 2.75) is 12.5 Å². The Hall–Kier alpha value is -0.320. The van der Waals surface area contributed by atoms with Crippen molar-refractivity contribution < 1.29 is 4.84 Å². The molecule has 0 spiro atoms. The molecular formula is C10H18Cl2N2O. The van der Waals surface area contributed by atoms with Gasteiger partial charge in [0.25, 0.3) is 0 Å². The highest BCUT2D eigenvalue weighted by molar-refractivity contribution is 5.85. The molecule has 5 heteroatoms. The van der Waals surface area contributed by atoms with Crippen LogP contribution in [-0.4, -0.2) is 13.6 Å². The Morgan fingerprint density at radius 2 is 1.87 bits per heavy atom. The highest BCUT2D eigenvalue weighted by Crippen LogP contribution is 2.17. The van der Waals surface area contributed by atoms with Gasteiger partial charge < -0.3 is 5.32 Å². The molecule has 0 amide bonds. The zero-order valence-electron chi connectivity index (χ0n) is 8.68. The molecule has 0 bridgehead atoms. The third-order valence-corrected chi connectivity index (χ3v) is 1.99. The number of halogens is 2. The summed E-state index contributed by atoms with van der Waals surface area (Å²) in [7, 11) is 1.92. The summed E-state index contributed by atoms with van der Waals surface area (Å²) >= 11 is 0. The average Bonchev–Trinajstić information content (AvgIpc) is 2.21. The molecule has 1 aromatic carbocycles. The van der Waals surface area contributed by atoms with Crippen LogP contribution >= 0.6 is 24.8 Å². The van der Waals surface area contributed by atoms with Crippen molar-refractivity contribution in [3.63, 3.8) is 0 Å². The number of benzene rings is 1. The van der Waals surface area contributed by atoms with Crippen LogP contribution in [0.15, 0.2) is 30.3 Å². The zero-order valence-corrected chi connectivity index (χ0v) is 10.3. The second-order valence-electron chi connectivity index (χ2n) is 2.93. The van der Waals surface area contributed by atoms with E-state index in [2.05, 4.69) is 5.32 Å². The minimum atomic E-state index is -0.00588. The summed E-state index contributed by atoms with van der Waals surface area (Å²) in [5, 5.41) is 3.07. The summed E-state index contributed by atoms with van der Waals surface area (Å²) in [6, 6.07) is 10.00. The van der Waals surface area contributed by atoms with Gasteiger partial charge in [-0.1, -0.05) is 30.3 Å². The smallest absolute Gasteiger partial charge is 0.105 e. The summed E-state index contributed by atoms with van der Waals surface area (Å²) in [5.41, 5.74) is 1.13. The van der Waals surface area contributed by atoms with Crippen LogP contribution in [0.3, 0.4) is 0 Å². The number of rotatable bonds is 5. The molecular weight excluding hydrogens is 235 g/mol. The van der Waals surface area contributed by atoms with Crippen molar-refractivity contribution in [1.29, 1.82) is 0 Å². The Balaban J connectivity index is 0. The van der Waals surface area contributed by atoms with Gasteiger partial charge in [0.2, 0.25) is 0 Å². The predicted molar refractivity (Wildman–Crippen MR) is 67.5 cm³/mol. The monoisotopic (exact) mass is 252 g/mol. The highest BCUT2D eigenvalue weighted by Gasteiger charge is 2.08. The Bertz CT molecular complexity index is 234. The maximum atomic E-state index is 5.22. The first kappa shape index (κ1) is 17.1. The van der Waals surface area contributed by atoms with Gasteiger partial charge in [-0.05, 0) is 25.6 Å². The van der Waals surface area contributed by atoms with Crippen molar-refractivity contribution in [2.24, 2.45) is 5.90 Å². The first-order valence-electron chi connectivity index (χ1n) is 4.43. The van der Waals surface area contributed by atoms with E-state index in [1.165, 1.54) is 0 Å². The first-order chi connectivity index (χ1) is 6.38. The Morgan fingerprint density at radius 1 is 1.27 bits per heavy atom. The lowest BCUT2D eigenvalue weighted by Crippen LogP contribution is -2.16. The van der Waals surface area contributed by atoms with E-state index in [-0.39, 0.29) is 30.9 Å². The van der Waals surface area contributed by atoms with Crippen LogP contribution in [-0.2, 0) is 4.84 Å². The quantitative estimate of drug-likeness (QED) is 0.790. The summed E-state index contributed by atoms with van der Waals surface area (Å²) in [6.07, 6.45) is 0.880. The van der Waals surface area contributed by atoms with E-state index in [1.807, 2.05) is 37.4 Å². The van der Waals surface area contributed by atoms with Crippen LogP contribution in [0.4, 0.5) is 0 Å². The molecule has 0 fully saturated rings. The molecule has 0 radical (unpaired) electrons. The van der Waals surface area contributed by atoms with Crippen molar-refractivity contribution in [3.05, 3.63) is 35.9 Å². The summed E-state index contributed by atoms with van der Waals surface area (Å²) in [6.45, 7) is 0.900. The van der Waals surface area contributed by atoms with Crippen molar-refractivity contribution >= 4 is 24.8 Å². The molecule has 15 heavy (non-hydrogen) atoms. The number of hydrogen-bond acceptors (Lipinski definition) is 3. The molecule has 3 nitrogen and oxygen atoms in total. The Morgan fingerprint density at radius 3 is 2.33 bits per heavy atom. The molecule has 0 aliphatic rings. The summed E-state index contributed by atoms with van der Waals surface area (Å²) in [5.74, 6) is 5.22. The third-order valence-electron chi connectivity index (χ3n) is 1.99. The molecule has 0 aliphatic heterocycles. The molecule has 0 aromatic heterocycles. The van der Waals surface area contributed by atoms with Gasteiger partial charge >= 0.3 is 0 Å². The molecule has 0 saturated heterocycles. The minimum Gasteiger partial charge on any atom is -0.320 e. The van der Waals surface area contributed by atoms with E-state index >= 15 is 0 Å². The van der Waals surface area contributed by atoms with Crippen LogP contribution < -0.4 is 11.2 Å².